The number of rotatable bonds is 6. The fourth-order valence-corrected chi connectivity index (χ4v) is 5.06. The highest BCUT2D eigenvalue weighted by atomic mass is 32.2. The fourth-order valence-electron chi connectivity index (χ4n) is 3.81. The zero-order valence-corrected chi connectivity index (χ0v) is 13.3. The van der Waals surface area contributed by atoms with Gasteiger partial charge in [-0.1, -0.05) is 19.8 Å². The molecule has 2 saturated carbocycles. The maximum absolute atomic E-state index is 3.82. The van der Waals surface area contributed by atoms with Gasteiger partial charge in [-0.05, 0) is 37.5 Å². The molecule has 1 heterocycles. The van der Waals surface area contributed by atoms with Crippen LogP contribution >= 0.6 is 11.8 Å². The van der Waals surface area contributed by atoms with Crippen LogP contribution in [-0.2, 0) is 0 Å². The molecule has 3 rings (SSSR count). The monoisotopic (exact) mass is 282 g/mol. The molecule has 110 valence electrons. The lowest BCUT2D eigenvalue weighted by Gasteiger charge is -2.39. The summed E-state index contributed by atoms with van der Waals surface area (Å²) in [5, 5.41) is 4.71. The summed E-state index contributed by atoms with van der Waals surface area (Å²) in [5.41, 5.74) is 0.614. The molecule has 0 spiro atoms. The molecule has 1 atom stereocenters. The SMILES string of the molecule is CCC1CN(CC2(CNC3CC3)CCCC2)CCS1. The van der Waals surface area contributed by atoms with Gasteiger partial charge in [0.25, 0.3) is 0 Å². The van der Waals surface area contributed by atoms with E-state index in [1.165, 1.54) is 76.9 Å². The molecule has 2 nitrogen and oxygen atoms in total. The predicted octanol–water partition coefficient (Wildman–Crippen LogP) is 3.13. The summed E-state index contributed by atoms with van der Waals surface area (Å²) >= 11 is 2.19. The molecule has 3 fully saturated rings. The van der Waals surface area contributed by atoms with Crippen molar-refractivity contribution in [2.75, 3.05) is 31.9 Å². The van der Waals surface area contributed by atoms with Crippen LogP contribution in [0.4, 0.5) is 0 Å². The van der Waals surface area contributed by atoms with E-state index in [4.69, 9.17) is 0 Å². The van der Waals surface area contributed by atoms with Gasteiger partial charge in [0.15, 0.2) is 0 Å². The van der Waals surface area contributed by atoms with E-state index in [0.29, 0.717) is 5.41 Å². The highest BCUT2D eigenvalue weighted by Gasteiger charge is 2.37. The Hall–Kier alpha value is 0.270. The third-order valence-electron chi connectivity index (χ3n) is 5.24. The van der Waals surface area contributed by atoms with Crippen LogP contribution in [0.1, 0.15) is 51.9 Å². The van der Waals surface area contributed by atoms with Gasteiger partial charge >= 0.3 is 0 Å². The lowest BCUT2D eigenvalue weighted by atomic mass is 9.85. The average Bonchev–Trinajstić information content (AvgIpc) is 3.17. The highest BCUT2D eigenvalue weighted by molar-refractivity contribution is 8.00. The second-order valence-corrected chi connectivity index (χ2v) is 8.41. The Balaban J connectivity index is 1.53. The summed E-state index contributed by atoms with van der Waals surface area (Å²) in [7, 11) is 0. The Morgan fingerprint density at radius 2 is 2.05 bits per heavy atom. The zero-order valence-electron chi connectivity index (χ0n) is 12.5. The van der Waals surface area contributed by atoms with Crippen molar-refractivity contribution in [3.63, 3.8) is 0 Å². The van der Waals surface area contributed by atoms with Crippen molar-refractivity contribution in [3.8, 4) is 0 Å². The van der Waals surface area contributed by atoms with Gasteiger partial charge in [0, 0.05) is 43.2 Å². The minimum absolute atomic E-state index is 0.614. The van der Waals surface area contributed by atoms with E-state index in [0.717, 1.165) is 11.3 Å². The first-order valence-electron chi connectivity index (χ1n) is 8.37. The van der Waals surface area contributed by atoms with E-state index in [9.17, 15) is 0 Å². The number of nitrogens with one attached hydrogen (secondary N) is 1. The van der Waals surface area contributed by atoms with Crippen molar-refractivity contribution in [1.82, 2.24) is 10.2 Å². The molecule has 1 unspecified atom stereocenters. The molecule has 0 bridgehead atoms. The van der Waals surface area contributed by atoms with E-state index in [1.807, 2.05) is 0 Å². The minimum atomic E-state index is 0.614. The molecule has 3 heteroatoms. The van der Waals surface area contributed by atoms with Gasteiger partial charge in [-0.2, -0.15) is 11.8 Å². The summed E-state index contributed by atoms with van der Waals surface area (Å²) in [5.74, 6) is 1.35. The average molecular weight is 282 g/mol. The van der Waals surface area contributed by atoms with Crippen molar-refractivity contribution in [2.45, 2.75) is 63.2 Å². The molecule has 1 N–H and O–H groups in total. The second-order valence-electron chi connectivity index (χ2n) is 7.00. The van der Waals surface area contributed by atoms with Crippen molar-refractivity contribution in [3.05, 3.63) is 0 Å². The van der Waals surface area contributed by atoms with Crippen LogP contribution < -0.4 is 5.32 Å². The van der Waals surface area contributed by atoms with Gasteiger partial charge < -0.3 is 10.2 Å². The summed E-state index contributed by atoms with van der Waals surface area (Å²) in [6.07, 6.45) is 10.1. The zero-order chi connectivity index (χ0) is 13.1. The Morgan fingerprint density at radius 3 is 2.74 bits per heavy atom. The van der Waals surface area contributed by atoms with E-state index < -0.39 is 0 Å². The van der Waals surface area contributed by atoms with Crippen LogP contribution in [0.2, 0.25) is 0 Å². The maximum atomic E-state index is 3.82. The van der Waals surface area contributed by atoms with Crippen molar-refractivity contribution >= 4 is 11.8 Å². The Morgan fingerprint density at radius 1 is 1.26 bits per heavy atom. The van der Waals surface area contributed by atoms with Crippen molar-refractivity contribution < 1.29 is 0 Å². The fraction of sp³-hybridized carbons (Fsp3) is 1.00. The van der Waals surface area contributed by atoms with Gasteiger partial charge in [-0.15, -0.1) is 0 Å². The molecule has 3 aliphatic rings. The number of nitrogens with zero attached hydrogens (tertiary/aromatic N) is 1. The molecule has 1 aliphatic heterocycles. The quantitative estimate of drug-likeness (QED) is 0.806. The highest BCUT2D eigenvalue weighted by Crippen LogP contribution is 2.40. The molecule has 0 aromatic carbocycles. The summed E-state index contributed by atoms with van der Waals surface area (Å²) < 4.78 is 0. The van der Waals surface area contributed by atoms with Gasteiger partial charge in [0.2, 0.25) is 0 Å². The van der Waals surface area contributed by atoms with Crippen LogP contribution in [0.3, 0.4) is 0 Å². The first-order chi connectivity index (χ1) is 9.30. The maximum Gasteiger partial charge on any atom is 0.0172 e. The van der Waals surface area contributed by atoms with Crippen LogP contribution in [-0.4, -0.2) is 48.1 Å². The third-order valence-corrected chi connectivity index (χ3v) is 6.62. The summed E-state index contributed by atoms with van der Waals surface area (Å²) in [4.78, 5) is 2.78. The van der Waals surface area contributed by atoms with Crippen LogP contribution in [0, 0.1) is 5.41 Å². The minimum Gasteiger partial charge on any atom is -0.313 e. The topological polar surface area (TPSA) is 15.3 Å². The summed E-state index contributed by atoms with van der Waals surface area (Å²) in [6.45, 7) is 7.67. The van der Waals surface area contributed by atoms with E-state index >= 15 is 0 Å². The largest absolute Gasteiger partial charge is 0.313 e. The lowest BCUT2D eigenvalue weighted by molar-refractivity contribution is 0.151. The molecule has 0 aromatic rings. The Labute approximate surface area is 123 Å². The van der Waals surface area contributed by atoms with Gasteiger partial charge in [0.05, 0.1) is 0 Å². The number of thioether (sulfide) groups is 1. The number of hydrogen-bond donors (Lipinski definition) is 1. The molecule has 0 amide bonds. The van der Waals surface area contributed by atoms with E-state index in [-0.39, 0.29) is 0 Å². The van der Waals surface area contributed by atoms with Crippen LogP contribution in [0.15, 0.2) is 0 Å². The Kier molecular flexibility index (Phi) is 4.76. The normalized spacial score (nSPS) is 31.7. The molecule has 0 radical (unpaired) electrons. The van der Waals surface area contributed by atoms with Gasteiger partial charge in [-0.3, -0.25) is 0 Å². The van der Waals surface area contributed by atoms with Gasteiger partial charge in [0.1, 0.15) is 0 Å². The van der Waals surface area contributed by atoms with Crippen LogP contribution in [0.25, 0.3) is 0 Å². The number of hydrogen-bond acceptors (Lipinski definition) is 3. The van der Waals surface area contributed by atoms with Gasteiger partial charge in [-0.25, -0.2) is 0 Å². The van der Waals surface area contributed by atoms with Crippen molar-refractivity contribution in [1.29, 1.82) is 0 Å². The smallest absolute Gasteiger partial charge is 0.0172 e. The molecule has 0 aromatic heterocycles. The predicted molar refractivity (Wildman–Crippen MR) is 84.9 cm³/mol. The van der Waals surface area contributed by atoms with E-state index in [1.54, 1.807) is 0 Å². The first-order valence-corrected chi connectivity index (χ1v) is 9.42. The molecule has 2 aliphatic carbocycles. The summed E-state index contributed by atoms with van der Waals surface area (Å²) in [6, 6.07) is 0.873. The first kappa shape index (κ1) is 14.2. The molecule has 19 heavy (non-hydrogen) atoms. The molecular weight excluding hydrogens is 252 g/mol. The lowest BCUT2D eigenvalue weighted by Crippen LogP contribution is -2.47. The van der Waals surface area contributed by atoms with Crippen LogP contribution in [0.5, 0.6) is 0 Å². The standard InChI is InChI=1S/C16H30N2S/c1-2-15-11-18(9-10-19-15)13-16(7-3-4-8-16)12-17-14-5-6-14/h14-15,17H,2-13H2,1H3. The third kappa shape index (κ3) is 3.89. The Bertz CT molecular complexity index is 284. The molecular formula is C16H30N2S. The second kappa shape index (κ2) is 6.36. The molecule has 1 saturated heterocycles. The van der Waals surface area contributed by atoms with Crippen molar-refractivity contribution in [2.24, 2.45) is 5.41 Å². The van der Waals surface area contributed by atoms with E-state index in [2.05, 4.69) is 28.9 Å².